The highest BCUT2D eigenvalue weighted by Crippen LogP contribution is 2.24. The second kappa shape index (κ2) is 3.59. The van der Waals surface area contributed by atoms with Crippen molar-refractivity contribution < 1.29 is 1.37 Å². The molecule has 2 aromatic heterocycles. The summed E-state index contributed by atoms with van der Waals surface area (Å²) >= 11 is 0. The molecule has 17 heavy (non-hydrogen) atoms. The van der Waals surface area contributed by atoms with E-state index in [1.165, 1.54) is 0 Å². The molecule has 0 aliphatic carbocycles. The lowest BCUT2D eigenvalue weighted by Gasteiger charge is -2.02. The molecule has 0 atom stereocenters. The molecule has 3 aromatic rings. The number of fused-ring (bicyclic) bond motifs is 1. The van der Waals surface area contributed by atoms with Crippen LogP contribution in [0.3, 0.4) is 0 Å². The van der Waals surface area contributed by atoms with Crippen LogP contribution in [-0.4, -0.2) is 14.8 Å². The van der Waals surface area contributed by atoms with Gasteiger partial charge in [0.1, 0.15) is 5.82 Å². The third-order valence-electron chi connectivity index (χ3n) is 2.70. The first kappa shape index (κ1) is 8.75. The highest BCUT2D eigenvalue weighted by atomic mass is 15.2. The van der Waals surface area contributed by atoms with Gasteiger partial charge in [0.05, 0.1) is 7.57 Å². The topological polar surface area (TPSA) is 56.7 Å². The number of hydrogen-bond acceptors (Lipinski definition) is 3. The van der Waals surface area contributed by atoms with E-state index in [-0.39, 0.29) is 11.9 Å². The van der Waals surface area contributed by atoms with Gasteiger partial charge in [-0.2, -0.15) is 5.10 Å². The molecule has 0 bridgehead atoms. The van der Waals surface area contributed by atoms with E-state index in [0.717, 1.165) is 21.9 Å². The summed E-state index contributed by atoms with van der Waals surface area (Å²) in [5.74, 6) is 0.255. The number of hydrogen-bond donors (Lipinski definition) is 1. The molecule has 4 nitrogen and oxygen atoms in total. The molecule has 4 heteroatoms. The number of aromatic nitrogens is 3. The number of aryl methyl sites for hydroxylation is 1. The summed E-state index contributed by atoms with van der Waals surface area (Å²) in [6, 6.07) is 6.17. The zero-order chi connectivity index (χ0) is 12.7. The molecule has 0 saturated carbocycles. The monoisotopic (exact) mass is 225 g/mol. The predicted molar refractivity (Wildman–Crippen MR) is 68.4 cm³/mol. The van der Waals surface area contributed by atoms with Gasteiger partial charge in [-0.25, -0.2) is 4.98 Å². The molecule has 0 saturated heterocycles. The normalized spacial score (nSPS) is 11.7. The average molecular weight is 225 g/mol. The van der Waals surface area contributed by atoms with Crippen LogP contribution in [0.15, 0.2) is 42.8 Å². The third-order valence-corrected chi connectivity index (χ3v) is 2.70. The highest BCUT2D eigenvalue weighted by molar-refractivity contribution is 5.88. The zero-order valence-electron chi connectivity index (χ0n) is 10.4. The Kier molecular flexibility index (Phi) is 1.85. The zero-order valence-corrected chi connectivity index (χ0v) is 9.38. The molecule has 2 N–H and O–H groups in total. The molecule has 84 valence electrons. The van der Waals surface area contributed by atoms with Crippen LogP contribution in [0.1, 0.15) is 1.37 Å². The summed E-state index contributed by atoms with van der Waals surface area (Å²) in [7, 11) is 1.88. The first-order valence-corrected chi connectivity index (χ1v) is 5.29. The van der Waals surface area contributed by atoms with Crippen LogP contribution >= 0.6 is 0 Å². The van der Waals surface area contributed by atoms with E-state index >= 15 is 0 Å². The summed E-state index contributed by atoms with van der Waals surface area (Å²) in [4.78, 5) is 3.99. The molecule has 0 unspecified atom stereocenters. The molecule has 0 fully saturated rings. The number of nitrogens with zero attached hydrogens (tertiary/aromatic N) is 3. The Morgan fingerprint density at radius 2 is 2.12 bits per heavy atom. The first-order chi connectivity index (χ1) is 8.65. The molecule has 0 amide bonds. The molecule has 1 aromatic carbocycles. The first-order valence-electron chi connectivity index (χ1n) is 5.79. The van der Waals surface area contributed by atoms with Gasteiger partial charge < -0.3 is 5.73 Å². The van der Waals surface area contributed by atoms with E-state index in [1.54, 1.807) is 17.1 Å². The summed E-state index contributed by atoms with van der Waals surface area (Å²) in [6.07, 6.45) is 5.43. The number of nitrogens with two attached hydrogens (primary N) is 1. The van der Waals surface area contributed by atoms with Gasteiger partial charge >= 0.3 is 0 Å². The van der Waals surface area contributed by atoms with Crippen molar-refractivity contribution in [2.45, 2.75) is 0 Å². The van der Waals surface area contributed by atoms with Crippen LogP contribution in [0.5, 0.6) is 0 Å². The van der Waals surface area contributed by atoms with Crippen molar-refractivity contribution in [1.82, 2.24) is 14.8 Å². The van der Waals surface area contributed by atoms with Crippen LogP contribution in [0.4, 0.5) is 5.82 Å². The summed E-state index contributed by atoms with van der Waals surface area (Å²) < 4.78 is 9.70. The van der Waals surface area contributed by atoms with Crippen LogP contribution in [0, 0.1) is 0 Å². The molecule has 2 heterocycles. The van der Waals surface area contributed by atoms with Crippen molar-refractivity contribution in [2.75, 3.05) is 5.73 Å². The maximum absolute atomic E-state index is 7.94. The number of benzene rings is 1. The largest absolute Gasteiger partial charge is 0.384 e. The molecule has 0 aliphatic rings. The van der Waals surface area contributed by atoms with Crippen molar-refractivity contribution in [3.8, 4) is 11.1 Å². The minimum Gasteiger partial charge on any atom is -0.384 e. The molecule has 0 radical (unpaired) electrons. The highest BCUT2D eigenvalue weighted by Gasteiger charge is 2.02. The summed E-state index contributed by atoms with van der Waals surface area (Å²) in [5, 5.41) is 5.87. The minimum absolute atomic E-state index is 0.255. The van der Waals surface area contributed by atoms with Gasteiger partial charge in [-0.1, -0.05) is 12.1 Å². The van der Waals surface area contributed by atoms with Gasteiger partial charge in [0.15, 0.2) is 0 Å². The molecular weight excluding hydrogens is 212 g/mol. The third kappa shape index (κ3) is 1.73. The van der Waals surface area contributed by atoms with Crippen molar-refractivity contribution >= 4 is 16.6 Å². The van der Waals surface area contributed by atoms with Gasteiger partial charge in [0.25, 0.3) is 0 Å². The maximum Gasteiger partial charge on any atom is 0.123 e. The Labute approximate surface area is 100 Å². The molecular formula is C13H12N4. The quantitative estimate of drug-likeness (QED) is 0.690. The Balaban J connectivity index is 2.24. The molecule has 0 aliphatic heterocycles. The fourth-order valence-corrected chi connectivity index (χ4v) is 1.84. The number of pyridine rings is 1. The lowest BCUT2D eigenvalue weighted by Crippen LogP contribution is -1.88. The van der Waals surface area contributed by atoms with Crippen LogP contribution < -0.4 is 5.73 Å². The van der Waals surface area contributed by atoms with Gasteiger partial charge in [0.2, 0.25) is 0 Å². The van der Waals surface area contributed by atoms with Crippen molar-refractivity contribution in [1.29, 1.82) is 0 Å². The Morgan fingerprint density at radius 1 is 1.24 bits per heavy atom. The average Bonchev–Trinajstić information content (AvgIpc) is 2.80. The number of anilines is 1. The predicted octanol–water partition coefficient (Wildman–Crippen LogP) is 2.22. The van der Waals surface area contributed by atoms with E-state index < -0.39 is 0 Å². The number of rotatable bonds is 1. The standard InChI is InChI=1S/C13H12N4/c1-17-8-12(7-16-17)9-2-3-10-6-15-13(14)5-11(10)4-9/h2-8H,1H3,(H2,14,15)/i5D. The molecule has 0 spiro atoms. The van der Waals surface area contributed by atoms with E-state index in [1.807, 2.05) is 31.4 Å². The minimum atomic E-state index is 0.255. The van der Waals surface area contributed by atoms with E-state index in [0.29, 0.717) is 0 Å². The Morgan fingerprint density at radius 3 is 2.88 bits per heavy atom. The Bertz CT molecular complexity index is 733. The molecule has 3 rings (SSSR count). The fourth-order valence-electron chi connectivity index (χ4n) is 1.84. The van der Waals surface area contributed by atoms with E-state index in [9.17, 15) is 0 Å². The maximum atomic E-state index is 7.94. The second-order valence-corrected chi connectivity index (χ2v) is 3.97. The number of nitrogen functional groups attached to an aromatic ring is 1. The smallest absolute Gasteiger partial charge is 0.123 e. The Hall–Kier alpha value is -2.36. The van der Waals surface area contributed by atoms with Crippen LogP contribution in [0.25, 0.3) is 21.9 Å². The summed E-state index contributed by atoms with van der Waals surface area (Å²) in [5.41, 5.74) is 7.71. The van der Waals surface area contributed by atoms with Crippen molar-refractivity contribution in [2.24, 2.45) is 7.05 Å². The SMILES string of the molecule is [2H]c1c(N)ncc2ccc(-c3cnn(C)c3)cc12. The fraction of sp³-hybridized carbons (Fsp3) is 0.0769. The van der Waals surface area contributed by atoms with Gasteiger partial charge in [-0.15, -0.1) is 0 Å². The van der Waals surface area contributed by atoms with Gasteiger partial charge in [0, 0.05) is 30.4 Å². The van der Waals surface area contributed by atoms with Gasteiger partial charge in [-0.3, -0.25) is 4.68 Å². The van der Waals surface area contributed by atoms with Crippen LogP contribution in [-0.2, 0) is 7.05 Å². The van der Waals surface area contributed by atoms with Gasteiger partial charge in [-0.05, 0) is 23.1 Å². The van der Waals surface area contributed by atoms with E-state index in [2.05, 4.69) is 10.1 Å². The second-order valence-electron chi connectivity index (χ2n) is 3.97. The van der Waals surface area contributed by atoms with Crippen molar-refractivity contribution in [3.63, 3.8) is 0 Å². The van der Waals surface area contributed by atoms with E-state index in [4.69, 9.17) is 7.10 Å². The summed E-state index contributed by atoms with van der Waals surface area (Å²) in [6.45, 7) is 0. The lowest BCUT2D eigenvalue weighted by molar-refractivity contribution is 0.768. The lowest BCUT2D eigenvalue weighted by atomic mass is 10.1. The van der Waals surface area contributed by atoms with Crippen LogP contribution in [0.2, 0.25) is 0 Å². The van der Waals surface area contributed by atoms with Crippen molar-refractivity contribution in [3.05, 3.63) is 42.8 Å².